The molecular formula is C15H19ClN4OS2. The second-order valence-electron chi connectivity index (χ2n) is 5.34. The number of amides is 1. The Bertz CT molecular complexity index is 662. The van der Waals surface area contributed by atoms with Crippen molar-refractivity contribution in [3.63, 3.8) is 0 Å². The molecule has 23 heavy (non-hydrogen) atoms. The van der Waals surface area contributed by atoms with Crippen LogP contribution in [0.2, 0.25) is 5.02 Å². The molecule has 0 aliphatic rings. The van der Waals surface area contributed by atoms with Gasteiger partial charge in [0.05, 0.1) is 5.75 Å². The second kappa shape index (κ2) is 8.52. The summed E-state index contributed by atoms with van der Waals surface area (Å²) < 4.78 is 0.789. The van der Waals surface area contributed by atoms with Crippen LogP contribution in [0.15, 0.2) is 28.6 Å². The molecule has 1 amide bonds. The SMILES string of the molecule is CC(C)Nc1nnc(SCC(=O)N(C)Cc2cccc(Cl)c2)s1. The number of hydrogen-bond acceptors (Lipinski definition) is 6. The molecule has 2 rings (SSSR count). The Morgan fingerprint density at radius 3 is 2.91 bits per heavy atom. The minimum atomic E-state index is 0.0449. The van der Waals surface area contributed by atoms with Crippen LogP contribution in [-0.2, 0) is 11.3 Å². The van der Waals surface area contributed by atoms with Crippen LogP contribution in [0.25, 0.3) is 0 Å². The molecule has 0 aliphatic carbocycles. The molecule has 0 saturated carbocycles. The van der Waals surface area contributed by atoms with Gasteiger partial charge in [-0.3, -0.25) is 4.79 Å². The topological polar surface area (TPSA) is 58.1 Å². The van der Waals surface area contributed by atoms with E-state index in [1.54, 1.807) is 11.9 Å². The second-order valence-corrected chi connectivity index (χ2v) is 7.98. The Kier molecular flexibility index (Phi) is 6.68. The van der Waals surface area contributed by atoms with E-state index in [9.17, 15) is 4.79 Å². The van der Waals surface area contributed by atoms with Crippen molar-refractivity contribution in [2.45, 2.75) is 30.8 Å². The summed E-state index contributed by atoms with van der Waals surface area (Å²) in [7, 11) is 1.79. The number of carbonyl (C=O) groups is 1. The van der Waals surface area contributed by atoms with Crippen molar-refractivity contribution in [2.24, 2.45) is 0 Å². The molecule has 1 N–H and O–H groups in total. The molecule has 0 fully saturated rings. The Morgan fingerprint density at radius 1 is 1.43 bits per heavy atom. The number of thioether (sulfide) groups is 1. The third kappa shape index (κ3) is 6.01. The van der Waals surface area contributed by atoms with Crippen LogP contribution in [0.4, 0.5) is 5.13 Å². The molecule has 1 heterocycles. The third-order valence-electron chi connectivity index (χ3n) is 2.87. The summed E-state index contributed by atoms with van der Waals surface area (Å²) in [6.45, 7) is 4.63. The standard InChI is InChI=1S/C15H19ClN4OS2/c1-10(2)17-14-18-19-15(23-14)22-9-13(21)20(3)8-11-5-4-6-12(16)7-11/h4-7,10H,8-9H2,1-3H3,(H,17,18). The van der Waals surface area contributed by atoms with Crippen molar-refractivity contribution >= 4 is 45.7 Å². The van der Waals surface area contributed by atoms with E-state index < -0.39 is 0 Å². The normalized spacial score (nSPS) is 10.8. The van der Waals surface area contributed by atoms with E-state index in [4.69, 9.17) is 11.6 Å². The molecule has 1 aromatic heterocycles. The maximum absolute atomic E-state index is 12.2. The molecule has 0 radical (unpaired) electrons. The number of rotatable bonds is 7. The van der Waals surface area contributed by atoms with Crippen LogP contribution >= 0.6 is 34.7 Å². The highest BCUT2D eigenvalue weighted by Crippen LogP contribution is 2.26. The lowest BCUT2D eigenvalue weighted by molar-refractivity contribution is -0.127. The Hall–Kier alpha value is -1.31. The van der Waals surface area contributed by atoms with Gasteiger partial charge >= 0.3 is 0 Å². The molecule has 2 aromatic rings. The van der Waals surface area contributed by atoms with Gasteiger partial charge in [-0.05, 0) is 31.5 Å². The van der Waals surface area contributed by atoms with Gasteiger partial charge in [-0.2, -0.15) is 0 Å². The quantitative estimate of drug-likeness (QED) is 0.752. The largest absolute Gasteiger partial charge is 0.358 e. The molecule has 0 saturated heterocycles. The zero-order valence-electron chi connectivity index (χ0n) is 13.2. The summed E-state index contributed by atoms with van der Waals surface area (Å²) in [4.78, 5) is 13.9. The number of anilines is 1. The lowest BCUT2D eigenvalue weighted by Gasteiger charge is -2.16. The van der Waals surface area contributed by atoms with E-state index in [-0.39, 0.29) is 5.91 Å². The molecule has 5 nitrogen and oxygen atoms in total. The average molecular weight is 371 g/mol. The van der Waals surface area contributed by atoms with Gasteiger partial charge in [0.15, 0.2) is 4.34 Å². The number of nitrogens with zero attached hydrogens (tertiary/aromatic N) is 3. The smallest absolute Gasteiger partial charge is 0.233 e. The van der Waals surface area contributed by atoms with E-state index >= 15 is 0 Å². The van der Waals surface area contributed by atoms with Gasteiger partial charge in [-0.1, -0.05) is 46.8 Å². The minimum Gasteiger partial charge on any atom is -0.358 e. The lowest BCUT2D eigenvalue weighted by Crippen LogP contribution is -2.27. The lowest BCUT2D eigenvalue weighted by atomic mass is 10.2. The predicted octanol–water partition coefficient (Wildman–Crippen LogP) is 3.76. The van der Waals surface area contributed by atoms with Crippen molar-refractivity contribution in [1.29, 1.82) is 0 Å². The van der Waals surface area contributed by atoms with Crippen LogP contribution in [0, 0.1) is 0 Å². The molecule has 0 bridgehead atoms. The molecule has 1 aromatic carbocycles. The van der Waals surface area contributed by atoms with Gasteiger partial charge in [0.25, 0.3) is 0 Å². The first-order chi connectivity index (χ1) is 10.9. The monoisotopic (exact) mass is 370 g/mol. The van der Waals surface area contributed by atoms with Crippen LogP contribution in [0.5, 0.6) is 0 Å². The molecule has 0 atom stereocenters. The van der Waals surface area contributed by atoms with Crippen molar-refractivity contribution < 1.29 is 4.79 Å². The van der Waals surface area contributed by atoms with Crippen LogP contribution in [0.3, 0.4) is 0 Å². The van der Waals surface area contributed by atoms with Crippen LogP contribution in [-0.4, -0.2) is 39.8 Å². The number of benzene rings is 1. The van der Waals surface area contributed by atoms with Crippen molar-refractivity contribution in [1.82, 2.24) is 15.1 Å². The van der Waals surface area contributed by atoms with Crippen LogP contribution < -0.4 is 5.32 Å². The average Bonchev–Trinajstić information content (AvgIpc) is 2.91. The van der Waals surface area contributed by atoms with Gasteiger partial charge in [0.1, 0.15) is 0 Å². The van der Waals surface area contributed by atoms with Gasteiger partial charge < -0.3 is 10.2 Å². The predicted molar refractivity (Wildman–Crippen MR) is 97.3 cm³/mol. The molecule has 0 unspecified atom stereocenters. The van der Waals surface area contributed by atoms with Gasteiger partial charge in [-0.25, -0.2) is 0 Å². The zero-order valence-corrected chi connectivity index (χ0v) is 15.6. The Labute approximate surface area is 149 Å². The number of hydrogen-bond donors (Lipinski definition) is 1. The number of carbonyl (C=O) groups excluding carboxylic acids is 1. The van der Waals surface area contributed by atoms with Gasteiger partial charge in [-0.15, -0.1) is 10.2 Å². The summed E-state index contributed by atoms with van der Waals surface area (Å²) in [5, 5.41) is 12.8. The minimum absolute atomic E-state index is 0.0449. The van der Waals surface area contributed by atoms with Crippen molar-refractivity contribution in [3.8, 4) is 0 Å². The summed E-state index contributed by atoms with van der Waals surface area (Å²) in [5.74, 6) is 0.386. The molecular weight excluding hydrogens is 352 g/mol. The highest BCUT2D eigenvalue weighted by Gasteiger charge is 2.12. The fraction of sp³-hybridized carbons (Fsp3) is 0.400. The highest BCUT2D eigenvalue weighted by molar-refractivity contribution is 8.01. The van der Waals surface area contributed by atoms with Crippen molar-refractivity contribution in [2.75, 3.05) is 18.1 Å². The van der Waals surface area contributed by atoms with E-state index in [0.29, 0.717) is 23.4 Å². The molecule has 0 spiro atoms. The first-order valence-electron chi connectivity index (χ1n) is 7.15. The summed E-state index contributed by atoms with van der Waals surface area (Å²) in [5.41, 5.74) is 1.01. The highest BCUT2D eigenvalue weighted by atomic mass is 35.5. The molecule has 124 valence electrons. The number of nitrogens with one attached hydrogen (secondary N) is 1. The Morgan fingerprint density at radius 2 is 2.22 bits per heavy atom. The summed E-state index contributed by atoms with van der Waals surface area (Å²) in [6, 6.07) is 7.84. The van der Waals surface area contributed by atoms with Crippen LogP contribution in [0.1, 0.15) is 19.4 Å². The van der Waals surface area contributed by atoms with Crippen molar-refractivity contribution in [3.05, 3.63) is 34.9 Å². The third-order valence-corrected chi connectivity index (χ3v) is 5.08. The van der Waals surface area contributed by atoms with E-state index in [1.807, 2.05) is 38.1 Å². The molecule has 8 heteroatoms. The first kappa shape index (κ1) is 18.0. The van der Waals surface area contributed by atoms with Gasteiger partial charge in [0, 0.05) is 24.7 Å². The number of halogens is 1. The zero-order chi connectivity index (χ0) is 16.8. The van der Waals surface area contributed by atoms with E-state index in [2.05, 4.69) is 15.5 Å². The summed E-state index contributed by atoms with van der Waals surface area (Å²) >= 11 is 8.83. The van der Waals surface area contributed by atoms with E-state index in [1.165, 1.54) is 23.1 Å². The molecule has 0 aliphatic heterocycles. The maximum Gasteiger partial charge on any atom is 0.233 e. The summed E-state index contributed by atoms with van der Waals surface area (Å²) in [6.07, 6.45) is 0. The number of aromatic nitrogens is 2. The first-order valence-corrected chi connectivity index (χ1v) is 9.33. The Balaban J connectivity index is 1.83. The fourth-order valence-electron chi connectivity index (χ4n) is 1.80. The fourth-order valence-corrected chi connectivity index (χ4v) is 3.86. The van der Waals surface area contributed by atoms with E-state index in [0.717, 1.165) is 15.0 Å². The maximum atomic E-state index is 12.2. The van der Waals surface area contributed by atoms with Gasteiger partial charge in [0.2, 0.25) is 11.0 Å².